The molecule has 0 aliphatic rings. The van der Waals surface area contributed by atoms with Gasteiger partial charge in [0.15, 0.2) is 0 Å². The fraction of sp³-hybridized carbons (Fsp3) is 0.375. The predicted molar refractivity (Wildman–Crippen MR) is 45.9 cm³/mol. The molecule has 1 heterocycles. The van der Waals surface area contributed by atoms with E-state index in [2.05, 4.69) is 0 Å². The average Bonchev–Trinajstić information content (AvgIpc) is 2.52. The maximum Gasteiger partial charge on any atom is 0.433 e. The number of carbonyl (C=O) groups is 1. The molecule has 0 amide bonds. The van der Waals surface area contributed by atoms with Crippen molar-refractivity contribution in [2.24, 2.45) is 0 Å². The van der Waals surface area contributed by atoms with Gasteiger partial charge in [-0.1, -0.05) is 0 Å². The molecule has 0 bridgehead atoms. The van der Waals surface area contributed by atoms with E-state index < -0.39 is 10.9 Å². The smallest absolute Gasteiger partial charge is 0.433 e. The van der Waals surface area contributed by atoms with Crippen LogP contribution in [0.15, 0.2) is 16.5 Å². The molecule has 0 aromatic carbocycles. The van der Waals surface area contributed by atoms with Crippen LogP contribution in [0.4, 0.5) is 5.88 Å². The van der Waals surface area contributed by atoms with Crippen LogP contribution in [-0.4, -0.2) is 16.0 Å². The zero-order valence-corrected chi connectivity index (χ0v) is 7.30. The Morgan fingerprint density at radius 3 is 2.79 bits per heavy atom. The first-order chi connectivity index (χ1) is 6.59. The number of carboxylic acid groups (broad SMARTS) is 1. The van der Waals surface area contributed by atoms with Crippen molar-refractivity contribution in [3.8, 4) is 0 Å². The second-order valence-electron chi connectivity index (χ2n) is 2.74. The first-order valence-electron chi connectivity index (χ1n) is 4.04. The molecule has 0 saturated carbocycles. The van der Waals surface area contributed by atoms with Crippen molar-refractivity contribution in [1.82, 2.24) is 0 Å². The molecule has 0 spiro atoms. The molecule has 76 valence electrons. The first kappa shape index (κ1) is 10.2. The van der Waals surface area contributed by atoms with Gasteiger partial charge in [0.25, 0.3) is 0 Å². The zero-order valence-electron chi connectivity index (χ0n) is 7.30. The number of aryl methyl sites for hydroxylation is 1. The van der Waals surface area contributed by atoms with Crippen LogP contribution < -0.4 is 0 Å². The van der Waals surface area contributed by atoms with E-state index >= 15 is 0 Å². The molecule has 1 aromatic rings. The SMILES string of the molecule is O=C(O)CCCc1ccc([N+](=O)[O-])o1. The Kier molecular flexibility index (Phi) is 3.22. The average molecular weight is 199 g/mol. The third kappa shape index (κ3) is 2.89. The zero-order chi connectivity index (χ0) is 10.6. The van der Waals surface area contributed by atoms with Crippen LogP contribution in [-0.2, 0) is 11.2 Å². The molecule has 14 heavy (non-hydrogen) atoms. The van der Waals surface area contributed by atoms with Gasteiger partial charge in [-0.2, -0.15) is 0 Å². The standard InChI is InChI=1S/C8H9NO5/c10-8(11)3-1-2-6-4-5-7(14-6)9(12)13/h4-5H,1-3H2,(H,10,11). The van der Waals surface area contributed by atoms with Gasteiger partial charge < -0.3 is 9.52 Å². The van der Waals surface area contributed by atoms with Crippen molar-refractivity contribution in [3.63, 3.8) is 0 Å². The molecule has 0 radical (unpaired) electrons. The summed E-state index contributed by atoms with van der Waals surface area (Å²) in [5.74, 6) is -0.751. The third-order valence-corrected chi connectivity index (χ3v) is 1.64. The van der Waals surface area contributed by atoms with E-state index in [1.54, 1.807) is 0 Å². The van der Waals surface area contributed by atoms with E-state index in [1.807, 2.05) is 0 Å². The van der Waals surface area contributed by atoms with Gasteiger partial charge >= 0.3 is 11.9 Å². The highest BCUT2D eigenvalue weighted by Crippen LogP contribution is 2.17. The van der Waals surface area contributed by atoms with Crippen molar-refractivity contribution >= 4 is 11.9 Å². The van der Waals surface area contributed by atoms with Gasteiger partial charge in [-0.15, -0.1) is 0 Å². The van der Waals surface area contributed by atoms with Crippen molar-refractivity contribution in [1.29, 1.82) is 0 Å². The van der Waals surface area contributed by atoms with E-state index in [9.17, 15) is 14.9 Å². The highest BCUT2D eigenvalue weighted by Gasteiger charge is 2.11. The number of hydrogen-bond acceptors (Lipinski definition) is 4. The normalized spacial score (nSPS) is 10.0. The highest BCUT2D eigenvalue weighted by atomic mass is 16.6. The van der Waals surface area contributed by atoms with Crippen LogP contribution in [0.3, 0.4) is 0 Å². The molecular weight excluding hydrogens is 190 g/mol. The lowest BCUT2D eigenvalue weighted by Gasteiger charge is -1.92. The van der Waals surface area contributed by atoms with E-state index in [0.717, 1.165) is 0 Å². The summed E-state index contributed by atoms with van der Waals surface area (Å²) in [4.78, 5) is 19.8. The Balaban J connectivity index is 2.44. The van der Waals surface area contributed by atoms with E-state index in [4.69, 9.17) is 9.52 Å². The molecule has 0 atom stereocenters. The summed E-state index contributed by atoms with van der Waals surface area (Å²) in [7, 11) is 0. The number of rotatable bonds is 5. The topological polar surface area (TPSA) is 93.6 Å². The van der Waals surface area contributed by atoms with Crippen molar-refractivity contribution in [2.45, 2.75) is 19.3 Å². The van der Waals surface area contributed by atoms with Crippen LogP contribution in [0.1, 0.15) is 18.6 Å². The Bertz CT molecular complexity index is 343. The summed E-state index contributed by atoms with van der Waals surface area (Å²) in [6.45, 7) is 0. The van der Waals surface area contributed by atoms with Crippen molar-refractivity contribution in [2.75, 3.05) is 0 Å². The van der Waals surface area contributed by atoms with Gasteiger partial charge in [0.1, 0.15) is 10.7 Å². The minimum Gasteiger partial charge on any atom is -0.481 e. The number of nitro groups is 1. The van der Waals surface area contributed by atoms with Gasteiger partial charge in [-0.05, 0) is 12.5 Å². The first-order valence-corrected chi connectivity index (χ1v) is 4.04. The Labute approximate surface area is 79.3 Å². The summed E-state index contributed by atoms with van der Waals surface area (Å²) < 4.78 is 4.83. The van der Waals surface area contributed by atoms with Gasteiger partial charge in [0.05, 0.1) is 6.07 Å². The van der Waals surface area contributed by atoms with E-state index in [1.165, 1.54) is 12.1 Å². The van der Waals surface area contributed by atoms with E-state index in [-0.39, 0.29) is 12.3 Å². The number of carboxylic acids is 1. The fourth-order valence-electron chi connectivity index (χ4n) is 1.01. The Morgan fingerprint density at radius 1 is 1.57 bits per heavy atom. The summed E-state index contributed by atoms with van der Waals surface area (Å²) in [6.07, 6.45) is 0.856. The highest BCUT2D eigenvalue weighted by molar-refractivity contribution is 5.66. The number of nitrogens with zero attached hydrogens (tertiary/aromatic N) is 1. The van der Waals surface area contributed by atoms with Gasteiger partial charge in [0, 0.05) is 12.8 Å². The van der Waals surface area contributed by atoms with Crippen LogP contribution in [0.25, 0.3) is 0 Å². The number of aliphatic carboxylic acids is 1. The number of hydrogen-bond donors (Lipinski definition) is 1. The maximum absolute atomic E-state index is 10.2. The third-order valence-electron chi connectivity index (χ3n) is 1.64. The molecule has 1 rings (SSSR count). The monoisotopic (exact) mass is 199 g/mol. The van der Waals surface area contributed by atoms with Gasteiger partial charge in [-0.25, -0.2) is 0 Å². The molecule has 0 saturated heterocycles. The van der Waals surface area contributed by atoms with Crippen LogP contribution in [0.2, 0.25) is 0 Å². The van der Waals surface area contributed by atoms with Gasteiger partial charge in [-0.3, -0.25) is 14.9 Å². The quantitative estimate of drug-likeness (QED) is 0.574. The fourth-order valence-corrected chi connectivity index (χ4v) is 1.01. The van der Waals surface area contributed by atoms with Crippen molar-refractivity contribution in [3.05, 3.63) is 28.0 Å². The lowest BCUT2D eigenvalue weighted by atomic mass is 10.2. The molecule has 1 aromatic heterocycles. The molecule has 6 heteroatoms. The number of furan rings is 1. The van der Waals surface area contributed by atoms with Gasteiger partial charge in [0.2, 0.25) is 0 Å². The van der Waals surface area contributed by atoms with E-state index in [0.29, 0.717) is 18.6 Å². The second-order valence-corrected chi connectivity index (χ2v) is 2.74. The molecular formula is C8H9NO5. The molecule has 0 aliphatic carbocycles. The molecule has 0 unspecified atom stereocenters. The van der Waals surface area contributed by atoms with Crippen molar-refractivity contribution < 1.29 is 19.2 Å². The molecule has 0 aliphatic heterocycles. The van der Waals surface area contributed by atoms with Crippen LogP contribution >= 0.6 is 0 Å². The maximum atomic E-state index is 10.2. The molecule has 1 N–H and O–H groups in total. The Morgan fingerprint density at radius 2 is 2.29 bits per heavy atom. The minimum absolute atomic E-state index is 0.0362. The predicted octanol–water partition coefficient (Wildman–Crippen LogP) is 1.60. The largest absolute Gasteiger partial charge is 0.481 e. The lowest BCUT2D eigenvalue weighted by molar-refractivity contribution is -0.402. The minimum atomic E-state index is -0.883. The van der Waals surface area contributed by atoms with Crippen LogP contribution in [0.5, 0.6) is 0 Å². The summed E-state index contributed by atoms with van der Waals surface area (Å²) in [5.41, 5.74) is 0. The summed E-state index contributed by atoms with van der Waals surface area (Å²) in [5, 5.41) is 18.6. The summed E-state index contributed by atoms with van der Waals surface area (Å²) >= 11 is 0. The Hall–Kier alpha value is -1.85. The molecule has 6 nitrogen and oxygen atoms in total. The second kappa shape index (κ2) is 4.40. The van der Waals surface area contributed by atoms with Crippen LogP contribution in [0, 0.1) is 10.1 Å². The lowest BCUT2D eigenvalue weighted by Crippen LogP contribution is -1.95. The summed E-state index contributed by atoms with van der Waals surface area (Å²) in [6, 6.07) is 2.75. The molecule has 0 fully saturated rings.